The summed E-state index contributed by atoms with van der Waals surface area (Å²) >= 11 is 10.9. The van der Waals surface area contributed by atoms with Gasteiger partial charge in [0.2, 0.25) is 0 Å². The quantitative estimate of drug-likeness (QED) is 0.847. The fourth-order valence-corrected chi connectivity index (χ4v) is 3.38. The van der Waals surface area contributed by atoms with Crippen LogP contribution >= 0.6 is 38.9 Å². The molecule has 19 heavy (non-hydrogen) atoms. The van der Waals surface area contributed by atoms with Crippen LogP contribution in [-0.2, 0) is 6.42 Å². The summed E-state index contributed by atoms with van der Waals surface area (Å²) < 4.78 is 6.76. The molecule has 0 radical (unpaired) electrons. The molecule has 0 aliphatic carbocycles. The molecule has 0 fully saturated rings. The van der Waals surface area contributed by atoms with Crippen molar-refractivity contribution in [2.45, 2.75) is 25.6 Å². The molecule has 0 saturated heterocycles. The molecular weight excluding hydrogens is 348 g/mol. The number of aliphatic hydroxyl groups is 1. The zero-order valence-electron chi connectivity index (χ0n) is 10.3. The van der Waals surface area contributed by atoms with Crippen LogP contribution in [0.15, 0.2) is 40.2 Å². The predicted molar refractivity (Wildman–Crippen MR) is 83.3 cm³/mol. The molecule has 2 rings (SSSR count). The molecule has 1 heterocycles. The highest BCUT2D eigenvalue weighted by Crippen LogP contribution is 2.25. The smallest absolute Gasteiger partial charge is 0.122 e. The number of halogens is 2. The van der Waals surface area contributed by atoms with E-state index in [0.717, 1.165) is 8.66 Å². The molecule has 0 amide bonds. The normalized spacial score (nSPS) is 14.1. The van der Waals surface area contributed by atoms with Crippen LogP contribution in [0, 0.1) is 0 Å². The van der Waals surface area contributed by atoms with E-state index < -0.39 is 6.10 Å². The Morgan fingerprint density at radius 3 is 2.79 bits per heavy atom. The molecule has 102 valence electrons. The average molecular weight is 362 g/mol. The minimum Gasteiger partial charge on any atom is -0.488 e. The molecule has 1 aromatic heterocycles. The van der Waals surface area contributed by atoms with Crippen molar-refractivity contribution >= 4 is 38.9 Å². The lowest BCUT2D eigenvalue weighted by Crippen LogP contribution is -2.30. The summed E-state index contributed by atoms with van der Waals surface area (Å²) in [7, 11) is 0. The van der Waals surface area contributed by atoms with Crippen LogP contribution in [0.3, 0.4) is 0 Å². The highest BCUT2D eigenvalue weighted by molar-refractivity contribution is 9.11. The predicted octanol–water partition coefficient (Wildman–Crippen LogP) is 4.53. The Labute approximate surface area is 130 Å². The molecular formula is C14H14BrClO2S. The third-order valence-electron chi connectivity index (χ3n) is 2.70. The zero-order valence-corrected chi connectivity index (χ0v) is 13.5. The van der Waals surface area contributed by atoms with Crippen LogP contribution in [-0.4, -0.2) is 17.3 Å². The van der Waals surface area contributed by atoms with Gasteiger partial charge in [-0.3, -0.25) is 0 Å². The fraction of sp³-hybridized carbons (Fsp3) is 0.286. The Bertz CT molecular complexity index is 544. The molecule has 0 aliphatic heterocycles. The summed E-state index contributed by atoms with van der Waals surface area (Å²) in [5, 5.41) is 10.8. The summed E-state index contributed by atoms with van der Waals surface area (Å²) in [5.74, 6) is 0.673. The Morgan fingerprint density at radius 2 is 2.16 bits per heavy atom. The maximum atomic E-state index is 10.1. The van der Waals surface area contributed by atoms with Crippen LogP contribution < -0.4 is 4.74 Å². The average Bonchev–Trinajstić information content (AvgIpc) is 2.74. The van der Waals surface area contributed by atoms with Gasteiger partial charge >= 0.3 is 0 Å². The number of thiophene rings is 1. The number of rotatable bonds is 5. The summed E-state index contributed by atoms with van der Waals surface area (Å²) in [4.78, 5) is 1.13. The first-order valence-corrected chi connectivity index (χ1v) is 7.88. The van der Waals surface area contributed by atoms with E-state index >= 15 is 0 Å². The second-order valence-corrected chi connectivity index (χ2v) is 7.24. The second-order valence-electron chi connectivity index (χ2n) is 4.26. The van der Waals surface area contributed by atoms with E-state index in [0.29, 0.717) is 17.2 Å². The number of hydrogen-bond donors (Lipinski definition) is 1. The van der Waals surface area contributed by atoms with Gasteiger partial charge in [0.15, 0.2) is 0 Å². The summed E-state index contributed by atoms with van der Waals surface area (Å²) in [6, 6.07) is 11.2. The number of ether oxygens (including phenoxy) is 1. The van der Waals surface area contributed by atoms with Gasteiger partial charge in [0.05, 0.1) is 9.89 Å². The van der Waals surface area contributed by atoms with Gasteiger partial charge in [0.25, 0.3) is 0 Å². The van der Waals surface area contributed by atoms with Gasteiger partial charge in [0.1, 0.15) is 11.9 Å². The maximum absolute atomic E-state index is 10.1. The SMILES string of the molecule is CC(Oc1cccc(Cl)c1)C(O)Cc1ccc(Br)s1. The third kappa shape index (κ3) is 4.49. The molecule has 5 heteroatoms. The van der Waals surface area contributed by atoms with Gasteiger partial charge < -0.3 is 9.84 Å². The topological polar surface area (TPSA) is 29.5 Å². The molecule has 0 aliphatic rings. The Morgan fingerprint density at radius 1 is 1.37 bits per heavy atom. The molecule has 0 spiro atoms. The zero-order chi connectivity index (χ0) is 13.8. The van der Waals surface area contributed by atoms with Crippen molar-refractivity contribution in [3.63, 3.8) is 0 Å². The molecule has 1 aromatic carbocycles. The van der Waals surface area contributed by atoms with E-state index in [1.54, 1.807) is 23.5 Å². The van der Waals surface area contributed by atoms with E-state index in [-0.39, 0.29) is 6.10 Å². The van der Waals surface area contributed by atoms with E-state index in [1.165, 1.54) is 0 Å². The van der Waals surface area contributed by atoms with E-state index in [2.05, 4.69) is 15.9 Å². The highest BCUT2D eigenvalue weighted by atomic mass is 79.9. The van der Waals surface area contributed by atoms with Gasteiger partial charge in [-0.2, -0.15) is 0 Å². The largest absolute Gasteiger partial charge is 0.488 e. The Kier molecular flexibility index (Phi) is 5.28. The van der Waals surface area contributed by atoms with E-state index in [1.807, 2.05) is 31.2 Å². The summed E-state index contributed by atoms with van der Waals surface area (Å²) in [5.41, 5.74) is 0. The van der Waals surface area contributed by atoms with Gasteiger partial charge in [-0.15, -0.1) is 11.3 Å². The van der Waals surface area contributed by atoms with Crippen LogP contribution in [0.25, 0.3) is 0 Å². The first-order valence-electron chi connectivity index (χ1n) is 5.89. The van der Waals surface area contributed by atoms with Crippen LogP contribution in [0.5, 0.6) is 5.75 Å². The second kappa shape index (κ2) is 6.75. The fourth-order valence-electron chi connectivity index (χ4n) is 1.67. The first kappa shape index (κ1) is 14.9. The maximum Gasteiger partial charge on any atom is 0.122 e. The Hall–Kier alpha value is -0.550. The van der Waals surface area contributed by atoms with Crippen LogP contribution in [0.4, 0.5) is 0 Å². The van der Waals surface area contributed by atoms with Crippen LogP contribution in [0.1, 0.15) is 11.8 Å². The molecule has 2 nitrogen and oxygen atoms in total. The standard InChI is InChI=1S/C14H14BrClO2S/c1-9(18-11-4-2-3-10(16)7-11)13(17)8-12-5-6-14(15)19-12/h2-7,9,13,17H,8H2,1H3. The summed E-state index contributed by atoms with van der Waals surface area (Å²) in [6.45, 7) is 1.86. The van der Waals surface area contributed by atoms with Gasteiger partial charge in [-0.05, 0) is 53.2 Å². The van der Waals surface area contributed by atoms with Crippen molar-refractivity contribution in [2.75, 3.05) is 0 Å². The van der Waals surface area contributed by atoms with Crippen LogP contribution in [0.2, 0.25) is 5.02 Å². The van der Waals surface area contributed by atoms with Crippen molar-refractivity contribution < 1.29 is 9.84 Å². The van der Waals surface area contributed by atoms with Gasteiger partial charge in [0, 0.05) is 16.3 Å². The molecule has 0 saturated carbocycles. The number of hydrogen-bond acceptors (Lipinski definition) is 3. The lowest BCUT2D eigenvalue weighted by atomic mass is 10.1. The van der Waals surface area contributed by atoms with Crippen molar-refractivity contribution in [1.29, 1.82) is 0 Å². The molecule has 1 N–H and O–H groups in total. The first-order chi connectivity index (χ1) is 9.04. The molecule has 2 aromatic rings. The van der Waals surface area contributed by atoms with Crippen molar-refractivity contribution in [3.8, 4) is 5.75 Å². The monoisotopic (exact) mass is 360 g/mol. The van der Waals surface area contributed by atoms with Crippen molar-refractivity contribution in [2.24, 2.45) is 0 Å². The van der Waals surface area contributed by atoms with E-state index in [9.17, 15) is 5.11 Å². The third-order valence-corrected chi connectivity index (χ3v) is 4.58. The lowest BCUT2D eigenvalue weighted by Gasteiger charge is -2.20. The minimum absolute atomic E-state index is 0.292. The minimum atomic E-state index is -0.551. The van der Waals surface area contributed by atoms with Gasteiger partial charge in [-0.25, -0.2) is 0 Å². The molecule has 0 bridgehead atoms. The summed E-state index contributed by atoms with van der Waals surface area (Å²) in [6.07, 6.45) is -0.262. The Balaban J connectivity index is 1.93. The number of aliphatic hydroxyl groups excluding tert-OH is 1. The molecule has 2 unspecified atom stereocenters. The molecule has 2 atom stereocenters. The van der Waals surface area contributed by atoms with Gasteiger partial charge in [-0.1, -0.05) is 17.7 Å². The van der Waals surface area contributed by atoms with Crippen molar-refractivity contribution in [3.05, 3.63) is 50.1 Å². The lowest BCUT2D eigenvalue weighted by molar-refractivity contribution is 0.0484. The number of benzene rings is 1. The van der Waals surface area contributed by atoms with E-state index in [4.69, 9.17) is 16.3 Å². The van der Waals surface area contributed by atoms with Crippen molar-refractivity contribution in [1.82, 2.24) is 0 Å². The highest BCUT2D eigenvalue weighted by Gasteiger charge is 2.17.